The van der Waals surface area contributed by atoms with Gasteiger partial charge in [0.25, 0.3) is 0 Å². The molecule has 2 aliphatic rings. The van der Waals surface area contributed by atoms with Gasteiger partial charge in [0, 0.05) is 16.2 Å². The molecule has 1 fully saturated rings. The molecule has 0 amide bonds. The molecule has 94 valence electrons. The van der Waals surface area contributed by atoms with Crippen LogP contribution >= 0.6 is 11.8 Å². The van der Waals surface area contributed by atoms with Crippen molar-refractivity contribution in [2.75, 3.05) is 6.61 Å². The molecule has 3 rings (SSSR count). The molecule has 0 bridgehead atoms. The average Bonchev–Trinajstić information content (AvgIpc) is 2.97. The Balaban J connectivity index is 1.81. The molecule has 1 nitrogen and oxygen atoms in total. The van der Waals surface area contributed by atoms with E-state index in [1.807, 2.05) is 11.8 Å². The minimum atomic E-state index is 0.787. The molecular weight excluding hydrogens is 240 g/mol. The second-order valence-electron chi connectivity index (χ2n) is 4.68. The molecule has 0 spiro atoms. The summed E-state index contributed by atoms with van der Waals surface area (Å²) >= 11 is 1.92. The maximum absolute atomic E-state index is 5.81. The van der Waals surface area contributed by atoms with Gasteiger partial charge in [-0.1, -0.05) is 30.0 Å². The normalized spacial score (nSPS) is 18.5. The van der Waals surface area contributed by atoms with Crippen LogP contribution in [0.15, 0.2) is 57.0 Å². The SMILES string of the molecule is CCOC1=C2CCCC2=C(Sc2ccccc2)C1. The molecule has 0 N–H and O–H groups in total. The number of rotatable bonds is 4. The lowest BCUT2D eigenvalue weighted by atomic mass is 10.2. The van der Waals surface area contributed by atoms with Crippen LogP contribution < -0.4 is 0 Å². The quantitative estimate of drug-likeness (QED) is 0.758. The number of hydrogen-bond donors (Lipinski definition) is 0. The van der Waals surface area contributed by atoms with Crippen molar-refractivity contribution in [1.82, 2.24) is 0 Å². The van der Waals surface area contributed by atoms with E-state index in [1.165, 1.54) is 40.4 Å². The van der Waals surface area contributed by atoms with Crippen LogP contribution in [0.3, 0.4) is 0 Å². The lowest BCUT2D eigenvalue weighted by Crippen LogP contribution is -1.91. The molecule has 1 aromatic carbocycles. The van der Waals surface area contributed by atoms with Gasteiger partial charge >= 0.3 is 0 Å². The van der Waals surface area contributed by atoms with Crippen molar-refractivity contribution >= 4 is 11.8 Å². The predicted molar refractivity (Wildman–Crippen MR) is 76.4 cm³/mol. The van der Waals surface area contributed by atoms with Crippen molar-refractivity contribution < 1.29 is 4.74 Å². The third-order valence-corrected chi connectivity index (χ3v) is 4.66. The van der Waals surface area contributed by atoms with E-state index >= 15 is 0 Å². The van der Waals surface area contributed by atoms with Crippen molar-refractivity contribution in [3.63, 3.8) is 0 Å². The molecule has 2 aliphatic carbocycles. The third-order valence-electron chi connectivity index (χ3n) is 3.51. The monoisotopic (exact) mass is 258 g/mol. The van der Waals surface area contributed by atoms with Gasteiger partial charge in [-0.2, -0.15) is 0 Å². The lowest BCUT2D eigenvalue weighted by molar-refractivity contribution is 0.222. The minimum Gasteiger partial charge on any atom is -0.498 e. The Morgan fingerprint density at radius 1 is 1.11 bits per heavy atom. The van der Waals surface area contributed by atoms with Crippen molar-refractivity contribution in [3.05, 3.63) is 52.1 Å². The highest BCUT2D eigenvalue weighted by Crippen LogP contribution is 2.48. The van der Waals surface area contributed by atoms with Gasteiger partial charge in [0.05, 0.1) is 6.61 Å². The number of hydrogen-bond acceptors (Lipinski definition) is 2. The summed E-state index contributed by atoms with van der Waals surface area (Å²) in [5.74, 6) is 1.24. The minimum absolute atomic E-state index is 0.787. The Morgan fingerprint density at radius 2 is 1.89 bits per heavy atom. The summed E-state index contributed by atoms with van der Waals surface area (Å²) in [6, 6.07) is 10.7. The number of ether oxygens (including phenoxy) is 1. The molecule has 1 saturated carbocycles. The number of allylic oxidation sites excluding steroid dienone is 3. The number of thioether (sulfide) groups is 1. The Labute approximate surface area is 113 Å². The summed E-state index contributed by atoms with van der Waals surface area (Å²) in [6.45, 7) is 2.86. The zero-order valence-corrected chi connectivity index (χ0v) is 11.6. The Kier molecular flexibility index (Phi) is 3.46. The second kappa shape index (κ2) is 5.23. The second-order valence-corrected chi connectivity index (χ2v) is 5.85. The van der Waals surface area contributed by atoms with Gasteiger partial charge in [-0.25, -0.2) is 0 Å². The Hall–Kier alpha value is -1.15. The van der Waals surface area contributed by atoms with Crippen LogP contribution in [0.25, 0.3) is 0 Å². The molecule has 2 heteroatoms. The van der Waals surface area contributed by atoms with Gasteiger partial charge in [-0.05, 0) is 49.5 Å². The Bertz CT molecular complexity index is 499. The zero-order valence-electron chi connectivity index (χ0n) is 10.7. The first-order valence-electron chi connectivity index (χ1n) is 6.68. The van der Waals surface area contributed by atoms with Crippen LogP contribution in [0.4, 0.5) is 0 Å². The average molecular weight is 258 g/mol. The molecular formula is C16H18OS. The first-order valence-corrected chi connectivity index (χ1v) is 7.50. The fourth-order valence-electron chi connectivity index (χ4n) is 2.76. The summed E-state index contributed by atoms with van der Waals surface area (Å²) in [6.07, 6.45) is 4.75. The highest BCUT2D eigenvalue weighted by atomic mass is 32.2. The summed E-state index contributed by atoms with van der Waals surface area (Å²) < 4.78 is 5.81. The molecule has 0 aromatic heterocycles. The van der Waals surface area contributed by atoms with E-state index in [0.717, 1.165) is 13.0 Å². The summed E-state index contributed by atoms with van der Waals surface area (Å²) in [5, 5.41) is 0. The van der Waals surface area contributed by atoms with Gasteiger partial charge < -0.3 is 4.74 Å². The highest BCUT2D eigenvalue weighted by Gasteiger charge is 2.29. The first kappa shape index (κ1) is 11.9. The van der Waals surface area contributed by atoms with E-state index in [-0.39, 0.29) is 0 Å². The van der Waals surface area contributed by atoms with E-state index in [1.54, 1.807) is 5.57 Å². The third kappa shape index (κ3) is 2.22. The van der Waals surface area contributed by atoms with E-state index in [2.05, 4.69) is 37.3 Å². The molecule has 0 heterocycles. The van der Waals surface area contributed by atoms with Crippen LogP contribution in [-0.2, 0) is 4.74 Å². The number of benzene rings is 1. The fraction of sp³-hybridized carbons (Fsp3) is 0.375. The smallest absolute Gasteiger partial charge is 0.104 e. The molecule has 0 unspecified atom stereocenters. The van der Waals surface area contributed by atoms with Gasteiger partial charge in [0.1, 0.15) is 5.76 Å². The van der Waals surface area contributed by atoms with Crippen LogP contribution in [-0.4, -0.2) is 6.61 Å². The summed E-state index contributed by atoms with van der Waals surface area (Å²) in [4.78, 5) is 2.85. The zero-order chi connectivity index (χ0) is 12.4. The fourth-order valence-corrected chi connectivity index (χ4v) is 3.89. The molecule has 0 atom stereocenters. The van der Waals surface area contributed by atoms with Crippen LogP contribution in [0.5, 0.6) is 0 Å². The molecule has 0 saturated heterocycles. The van der Waals surface area contributed by atoms with Crippen molar-refractivity contribution in [1.29, 1.82) is 0 Å². The van der Waals surface area contributed by atoms with Gasteiger partial charge in [0.2, 0.25) is 0 Å². The molecule has 18 heavy (non-hydrogen) atoms. The van der Waals surface area contributed by atoms with Crippen molar-refractivity contribution in [2.45, 2.75) is 37.5 Å². The van der Waals surface area contributed by atoms with Crippen molar-refractivity contribution in [3.8, 4) is 0 Å². The summed E-state index contributed by atoms with van der Waals surface area (Å²) in [5.41, 5.74) is 3.09. The molecule has 0 aliphatic heterocycles. The molecule has 0 radical (unpaired) electrons. The van der Waals surface area contributed by atoms with E-state index < -0.39 is 0 Å². The first-order chi connectivity index (χ1) is 8.88. The topological polar surface area (TPSA) is 9.23 Å². The highest BCUT2D eigenvalue weighted by molar-refractivity contribution is 8.03. The molecule has 1 aromatic rings. The van der Waals surface area contributed by atoms with Crippen LogP contribution in [0, 0.1) is 0 Å². The van der Waals surface area contributed by atoms with Gasteiger partial charge in [-0.15, -0.1) is 0 Å². The van der Waals surface area contributed by atoms with Gasteiger partial charge in [0.15, 0.2) is 0 Å². The number of fused-ring (bicyclic) bond motifs is 1. The van der Waals surface area contributed by atoms with Gasteiger partial charge in [-0.3, -0.25) is 0 Å². The Morgan fingerprint density at radius 3 is 2.67 bits per heavy atom. The van der Waals surface area contributed by atoms with E-state index in [0.29, 0.717) is 0 Å². The van der Waals surface area contributed by atoms with Crippen molar-refractivity contribution in [2.24, 2.45) is 0 Å². The van der Waals surface area contributed by atoms with E-state index in [4.69, 9.17) is 4.74 Å². The van der Waals surface area contributed by atoms with Crippen LogP contribution in [0.1, 0.15) is 32.6 Å². The standard InChI is InChI=1S/C16H18OS/c1-2-17-15-11-16(14-10-6-9-13(14)15)18-12-7-4-3-5-8-12/h3-5,7-8H,2,6,9-11H2,1H3. The summed E-state index contributed by atoms with van der Waals surface area (Å²) in [7, 11) is 0. The predicted octanol–water partition coefficient (Wildman–Crippen LogP) is 4.91. The lowest BCUT2D eigenvalue weighted by Gasteiger charge is -2.07. The maximum Gasteiger partial charge on any atom is 0.104 e. The maximum atomic E-state index is 5.81. The van der Waals surface area contributed by atoms with E-state index in [9.17, 15) is 0 Å². The van der Waals surface area contributed by atoms with Crippen LogP contribution in [0.2, 0.25) is 0 Å². The largest absolute Gasteiger partial charge is 0.498 e.